The predicted molar refractivity (Wildman–Crippen MR) is 69.4 cm³/mol. The van der Waals surface area contributed by atoms with Gasteiger partial charge in [-0.05, 0) is 42.9 Å². The lowest BCUT2D eigenvalue weighted by Crippen LogP contribution is -2.21. The average Bonchev–Trinajstić information content (AvgIpc) is 2.80. The second-order valence-electron chi connectivity index (χ2n) is 4.38. The first-order chi connectivity index (χ1) is 8.20. The summed E-state index contributed by atoms with van der Waals surface area (Å²) in [6.45, 7) is 0. The Bertz CT molecular complexity index is 391. The molecule has 92 valence electrons. The van der Waals surface area contributed by atoms with Crippen molar-refractivity contribution in [2.45, 2.75) is 25.2 Å². The SMILES string of the molecule is CNOC(=O)C1CC[C@H](c2ccc(Br)cc2)C1. The van der Waals surface area contributed by atoms with Crippen LogP contribution >= 0.6 is 15.9 Å². The van der Waals surface area contributed by atoms with Gasteiger partial charge < -0.3 is 4.84 Å². The Morgan fingerprint density at radius 3 is 2.71 bits per heavy atom. The van der Waals surface area contributed by atoms with Gasteiger partial charge in [0.1, 0.15) is 0 Å². The van der Waals surface area contributed by atoms with Crippen LogP contribution in [-0.2, 0) is 9.63 Å². The highest BCUT2D eigenvalue weighted by Gasteiger charge is 2.31. The maximum Gasteiger partial charge on any atom is 0.327 e. The van der Waals surface area contributed by atoms with E-state index in [9.17, 15) is 4.79 Å². The van der Waals surface area contributed by atoms with Gasteiger partial charge in [0.25, 0.3) is 0 Å². The Morgan fingerprint density at radius 2 is 2.06 bits per heavy atom. The van der Waals surface area contributed by atoms with Crippen LogP contribution in [0.1, 0.15) is 30.7 Å². The maximum atomic E-state index is 11.6. The van der Waals surface area contributed by atoms with Crippen molar-refractivity contribution in [2.75, 3.05) is 7.05 Å². The first-order valence-electron chi connectivity index (χ1n) is 5.83. The normalized spacial score (nSPS) is 23.6. The molecule has 1 aliphatic carbocycles. The molecule has 0 amide bonds. The molecule has 1 aliphatic rings. The van der Waals surface area contributed by atoms with Crippen LogP contribution in [0.5, 0.6) is 0 Å². The van der Waals surface area contributed by atoms with Crippen molar-refractivity contribution in [3.63, 3.8) is 0 Å². The van der Waals surface area contributed by atoms with Crippen molar-refractivity contribution < 1.29 is 9.63 Å². The average molecular weight is 298 g/mol. The molecule has 1 aromatic carbocycles. The van der Waals surface area contributed by atoms with Gasteiger partial charge in [-0.15, -0.1) is 0 Å². The summed E-state index contributed by atoms with van der Waals surface area (Å²) in [6, 6.07) is 8.35. The summed E-state index contributed by atoms with van der Waals surface area (Å²) in [5.41, 5.74) is 3.76. The second kappa shape index (κ2) is 5.65. The molecule has 1 fully saturated rings. The molecule has 0 aliphatic heterocycles. The molecule has 3 nitrogen and oxygen atoms in total. The highest BCUT2D eigenvalue weighted by molar-refractivity contribution is 9.10. The monoisotopic (exact) mass is 297 g/mol. The number of carbonyl (C=O) groups excluding carboxylic acids is 1. The number of benzene rings is 1. The fraction of sp³-hybridized carbons (Fsp3) is 0.462. The van der Waals surface area contributed by atoms with Crippen molar-refractivity contribution >= 4 is 21.9 Å². The molecule has 1 saturated carbocycles. The van der Waals surface area contributed by atoms with Gasteiger partial charge in [-0.1, -0.05) is 28.1 Å². The summed E-state index contributed by atoms with van der Waals surface area (Å²) in [6.07, 6.45) is 2.87. The fourth-order valence-corrected chi connectivity index (χ4v) is 2.68. The molecule has 2 rings (SSSR count). The fourth-order valence-electron chi connectivity index (χ4n) is 2.42. The van der Waals surface area contributed by atoms with Crippen molar-refractivity contribution in [3.8, 4) is 0 Å². The molecule has 0 radical (unpaired) electrons. The summed E-state index contributed by atoms with van der Waals surface area (Å²) in [4.78, 5) is 16.4. The third-order valence-corrected chi connectivity index (χ3v) is 3.84. The van der Waals surface area contributed by atoms with Crippen LogP contribution in [-0.4, -0.2) is 13.0 Å². The Labute approximate surface area is 110 Å². The Hall–Kier alpha value is -0.870. The van der Waals surface area contributed by atoms with Gasteiger partial charge in [-0.2, -0.15) is 5.48 Å². The first-order valence-corrected chi connectivity index (χ1v) is 6.63. The molecular formula is C13H16BrNO2. The minimum absolute atomic E-state index is 0.0381. The van der Waals surface area contributed by atoms with Crippen LogP contribution in [0.15, 0.2) is 28.7 Å². The summed E-state index contributed by atoms with van der Waals surface area (Å²) < 4.78 is 1.09. The number of carbonyl (C=O) groups is 1. The van der Waals surface area contributed by atoms with Crippen molar-refractivity contribution in [1.82, 2.24) is 5.48 Å². The molecule has 0 heterocycles. The van der Waals surface area contributed by atoms with E-state index in [1.807, 2.05) is 0 Å². The van der Waals surface area contributed by atoms with Crippen molar-refractivity contribution in [1.29, 1.82) is 0 Å². The number of nitrogens with one attached hydrogen (secondary N) is 1. The van der Waals surface area contributed by atoms with Crippen LogP contribution < -0.4 is 5.48 Å². The van der Waals surface area contributed by atoms with Crippen LogP contribution in [0.2, 0.25) is 0 Å². The van der Waals surface area contributed by atoms with Gasteiger partial charge >= 0.3 is 5.97 Å². The van der Waals surface area contributed by atoms with E-state index in [2.05, 4.69) is 45.7 Å². The van der Waals surface area contributed by atoms with Gasteiger partial charge in [0.2, 0.25) is 0 Å². The summed E-state index contributed by atoms with van der Waals surface area (Å²) in [5, 5.41) is 0. The number of hydroxylamine groups is 1. The molecule has 0 saturated heterocycles. The zero-order chi connectivity index (χ0) is 12.3. The molecule has 0 aromatic heterocycles. The minimum Gasteiger partial charge on any atom is -0.371 e. The summed E-state index contributed by atoms with van der Waals surface area (Å²) in [5.74, 6) is 0.390. The quantitative estimate of drug-likeness (QED) is 0.872. The van der Waals surface area contributed by atoms with E-state index >= 15 is 0 Å². The number of hydrogen-bond donors (Lipinski definition) is 1. The van der Waals surface area contributed by atoms with E-state index in [0.29, 0.717) is 5.92 Å². The largest absolute Gasteiger partial charge is 0.371 e. The van der Waals surface area contributed by atoms with E-state index in [-0.39, 0.29) is 11.9 Å². The van der Waals surface area contributed by atoms with Crippen molar-refractivity contribution in [3.05, 3.63) is 34.3 Å². The minimum atomic E-state index is -0.132. The molecule has 2 atom stereocenters. The van der Waals surface area contributed by atoms with Gasteiger partial charge in [-0.3, -0.25) is 4.79 Å². The molecule has 1 unspecified atom stereocenters. The van der Waals surface area contributed by atoms with Gasteiger partial charge in [0.15, 0.2) is 0 Å². The van der Waals surface area contributed by atoms with Gasteiger partial charge in [0.05, 0.1) is 5.92 Å². The molecule has 4 heteroatoms. The standard InChI is InChI=1S/C13H16BrNO2/c1-15-17-13(16)11-3-2-10(8-11)9-4-6-12(14)7-5-9/h4-7,10-11,15H,2-3,8H2,1H3/t10-,11?/m0/s1. The first kappa shape index (κ1) is 12.6. The van der Waals surface area contributed by atoms with Crippen LogP contribution in [0, 0.1) is 5.92 Å². The summed E-state index contributed by atoms with van der Waals surface area (Å²) in [7, 11) is 1.61. The lowest BCUT2D eigenvalue weighted by molar-refractivity contribution is -0.154. The third kappa shape index (κ3) is 3.07. The zero-order valence-electron chi connectivity index (χ0n) is 9.78. The Morgan fingerprint density at radius 1 is 1.35 bits per heavy atom. The number of hydrogen-bond acceptors (Lipinski definition) is 3. The lowest BCUT2D eigenvalue weighted by atomic mass is 9.96. The lowest BCUT2D eigenvalue weighted by Gasteiger charge is -2.11. The number of halogens is 1. The van der Waals surface area contributed by atoms with Crippen molar-refractivity contribution in [2.24, 2.45) is 5.92 Å². The molecule has 0 spiro atoms. The van der Waals surface area contributed by atoms with Gasteiger partial charge in [0, 0.05) is 11.5 Å². The van der Waals surface area contributed by atoms with E-state index in [1.54, 1.807) is 7.05 Å². The van der Waals surface area contributed by atoms with Crippen LogP contribution in [0.25, 0.3) is 0 Å². The van der Waals surface area contributed by atoms with Crippen LogP contribution in [0.4, 0.5) is 0 Å². The van der Waals surface area contributed by atoms with E-state index < -0.39 is 0 Å². The third-order valence-electron chi connectivity index (χ3n) is 3.31. The van der Waals surface area contributed by atoms with E-state index in [0.717, 1.165) is 23.7 Å². The highest BCUT2D eigenvalue weighted by Crippen LogP contribution is 2.38. The van der Waals surface area contributed by atoms with Crippen LogP contribution in [0.3, 0.4) is 0 Å². The van der Waals surface area contributed by atoms with E-state index in [1.165, 1.54) is 5.56 Å². The highest BCUT2D eigenvalue weighted by atomic mass is 79.9. The number of rotatable bonds is 3. The predicted octanol–water partition coefficient (Wildman–Crippen LogP) is 3.01. The molecule has 0 bridgehead atoms. The molecular weight excluding hydrogens is 282 g/mol. The van der Waals surface area contributed by atoms with Gasteiger partial charge in [-0.25, -0.2) is 0 Å². The topological polar surface area (TPSA) is 38.3 Å². The summed E-state index contributed by atoms with van der Waals surface area (Å²) >= 11 is 3.43. The zero-order valence-corrected chi connectivity index (χ0v) is 11.4. The maximum absolute atomic E-state index is 11.6. The second-order valence-corrected chi connectivity index (χ2v) is 5.30. The molecule has 1 aromatic rings. The Balaban J connectivity index is 1.98. The Kier molecular flexibility index (Phi) is 4.18. The molecule has 1 N–H and O–H groups in total. The molecule has 17 heavy (non-hydrogen) atoms. The smallest absolute Gasteiger partial charge is 0.327 e. The van der Waals surface area contributed by atoms with E-state index in [4.69, 9.17) is 4.84 Å².